The zero-order valence-corrected chi connectivity index (χ0v) is 12.1. The molecule has 0 bridgehead atoms. The third-order valence-corrected chi connectivity index (χ3v) is 3.95. The van der Waals surface area contributed by atoms with Gasteiger partial charge in [0.1, 0.15) is 0 Å². The minimum Gasteiger partial charge on any atom is -0.378 e. The fourth-order valence-electron chi connectivity index (χ4n) is 2.58. The molecule has 0 aliphatic carbocycles. The summed E-state index contributed by atoms with van der Waals surface area (Å²) in [7, 11) is 0. The van der Waals surface area contributed by atoms with Crippen molar-refractivity contribution < 1.29 is 9.53 Å². The second kappa shape index (κ2) is 6.86. The minimum atomic E-state index is -0.505. The van der Waals surface area contributed by atoms with Gasteiger partial charge in [-0.3, -0.25) is 4.79 Å². The lowest BCUT2D eigenvalue weighted by molar-refractivity contribution is -0.123. The van der Waals surface area contributed by atoms with Crippen molar-refractivity contribution in [2.24, 2.45) is 5.73 Å². The fraction of sp³-hybridized carbons (Fsp3) is 0.562. The summed E-state index contributed by atoms with van der Waals surface area (Å²) in [6.45, 7) is 3.17. The number of amides is 1. The highest BCUT2D eigenvalue weighted by Gasteiger charge is 2.27. The molecular weight excluding hydrogens is 252 g/mol. The van der Waals surface area contributed by atoms with Gasteiger partial charge >= 0.3 is 0 Å². The van der Waals surface area contributed by atoms with Crippen molar-refractivity contribution in [2.45, 2.75) is 44.2 Å². The predicted molar refractivity (Wildman–Crippen MR) is 79.2 cm³/mol. The highest BCUT2D eigenvalue weighted by atomic mass is 16.5. The van der Waals surface area contributed by atoms with Gasteiger partial charge in [0.2, 0.25) is 5.91 Å². The minimum absolute atomic E-state index is 0.0392. The molecule has 1 aromatic carbocycles. The predicted octanol–water partition coefficient (Wildman–Crippen LogP) is 1.94. The Bertz CT molecular complexity index is 429. The van der Waals surface area contributed by atoms with Crippen molar-refractivity contribution >= 4 is 5.91 Å². The summed E-state index contributed by atoms with van der Waals surface area (Å²) in [6.07, 6.45) is 3.72. The highest BCUT2D eigenvalue weighted by Crippen LogP contribution is 2.20. The molecule has 1 aliphatic heterocycles. The maximum atomic E-state index is 12.1. The highest BCUT2D eigenvalue weighted by molar-refractivity contribution is 5.77. The molecule has 0 aromatic heterocycles. The normalized spacial score (nSPS) is 21.4. The lowest BCUT2D eigenvalue weighted by Gasteiger charge is -2.30. The van der Waals surface area contributed by atoms with Crippen LogP contribution < -0.4 is 11.1 Å². The number of nitrogens with two attached hydrogens (primary N) is 1. The van der Waals surface area contributed by atoms with Crippen LogP contribution in [-0.4, -0.2) is 25.2 Å². The summed E-state index contributed by atoms with van der Waals surface area (Å²) < 4.78 is 5.54. The molecule has 4 heteroatoms. The van der Waals surface area contributed by atoms with Gasteiger partial charge in [-0.25, -0.2) is 0 Å². The first kappa shape index (κ1) is 15.0. The van der Waals surface area contributed by atoms with Gasteiger partial charge in [-0.2, -0.15) is 0 Å². The van der Waals surface area contributed by atoms with Gasteiger partial charge in [0, 0.05) is 19.6 Å². The van der Waals surface area contributed by atoms with Crippen molar-refractivity contribution in [3.63, 3.8) is 0 Å². The van der Waals surface area contributed by atoms with Crippen molar-refractivity contribution in [3.8, 4) is 0 Å². The molecule has 1 heterocycles. The summed E-state index contributed by atoms with van der Waals surface area (Å²) in [4.78, 5) is 12.1. The van der Waals surface area contributed by atoms with Gasteiger partial charge in [0.15, 0.2) is 0 Å². The lowest BCUT2D eigenvalue weighted by atomic mass is 9.92. The van der Waals surface area contributed by atoms with E-state index in [-0.39, 0.29) is 12.0 Å². The average molecular weight is 276 g/mol. The van der Waals surface area contributed by atoms with Gasteiger partial charge in [-0.15, -0.1) is 0 Å². The molecule has 110 valence electrons. The van der Waals surface area contributed by atoms with E-state index in [1.165, 1.54) is 0 Å². The van der Waals surface area contributed by atoms with E-state index in [0.29, 0.717) is 13.0 Å². The standard InChI is InChI=1S/C16H24N2O2/c1-16(12-17,13-6-3-2-4-7-13)18-15(19)10-9-14-8-5-11-20-14/h2-4,6-7,14H,5,8-12,17H2,1H3,(H,18,19). The Morgan fingerprint density at radius 1 is 1.45 bits per heavy atom. The average Bonchev–Trinajstić information content (AvgIpc) is 2.99. The Labute approximate surface area is 120 Å². The SMILES string of the molecule is CC(CN)(NC(=O)CCC1CCCO1)c1ccccc1. The van der Waals surface area contributed by atoms with Crippen LogP contribution in [0.4, 0.5) is 0 Å². The van der Waals surface area contributed by atoms with Crippen LogP contribution in [0.1, 0.15) is 38.2 Å². The fourth-order valence-corrected chi connectivity index (χ4v) is 2.58. The Hall–Kier alpha value is -1.39. The zero-order chi connectivity index (χ0) is 14.4. The van der Waals surface area contributed by atoms with E-state index in [1.54, 1.807) is 0 Å². The second-order valence-corrected chi connectivity index (χ2v) is 5.62. The van der Waals surface area contributed by atoms with Crippen LogP contribution in [0.3, 0.4) is 0 Å². The summed E-state index contributed by atoms with van der Waals surface area (Å²) in [5, 5.41) is 3.06. The quantitative estimate of drug-likeness (QED) is 0.834. The van der Waals surface area contributed by atoms with Crippen LogP contribution in [0, 0.1) is 0 Å². The van der Waals surface area contributed by atoms with E-state index < -0.39 is 5.54 Å². The number of ether oxygens (including phenoxy) is 1. The monoisotopic (exact) mass is 276 g/mol. The molecule has 0 radical (unpaired) electrons. The summed E-state index contributed by atoms with van der Waals surface area (Å²) in [6, 6.07) is 9.86. The topological polar surface area (TPSA) is 64.3 Å². The van der Waals surface area contributed by atoms with Crippen LogP contribution in [0.15, 0.2) is 30.3 Å². The van der Waals surface area contributed by atoms with Crippen LogP contribution in [0.2, 0.25) is 0 Å². The van der Waals surface area contributed by atoms with Crippen LogP contribution in [0.25, 0.3) is 0 Å². The van der Waals surface area contributed by atoms with E-state index in [4.69, 9.17) is 10.5 Å². The molecule has 2 atom stereocenters. The van der Waals surface area contributed by atoms with E-state index in [9.17, 15) is 4.79 Å². The third-order valence-electron chi connectivity index (χ3n) is 3.95. The molecule has 1 fully saturated rings. The first-order chi connectivity index (χ1) is 9.64. The Morgan fingerprint density at radius 2 is 2.20 bits per heavy atom. The smallest absolute Gasteiger partial charge is 0.220 e. The van der Waals surface area contributed by atoms with E-state index in [1.807, 2.05) is 37.3 Å². The Balaban J connectivity index is 1.90. The molecule has 3 N–H and O–H groups in total. The second-order valence-electron chi connectivity index (χ2n) is 5.62. The van der Waals surface area contributed by atoms with Gasteiger partial charge < -0.3 is 15.8 Å². The first-order valence-corrected chi connectivity index (χ1v) is 7.32. The van der Waals surface area contributed by atoms with E-state index >= 15 is 0 Å². The molecule has 1 saturated heterocycles. The molecule has 20 heavy (non-hydrogen) atoms. The van der Waals surface area contributed by atoms with E-state index in [0.717, 1.165) is 31.4 Å². The number of hydrogen-bond donors (Lipinski definition) is 2. The molecule has 1 amide bonds. The molecule has 0 spiro atoms. The maximum absolute atomic E-state index is 12.1. The molecular formula is C16H24N2O2. The Morgan fingerprint density at radius 3 is 2.80 bits per heavy atom. The maximum Gasteiger partial charge on any atom is 0.220 e. The number of nitrogens with one attached hydrogen (secondary N) is 1. The molecule has 0 saturated carbocycles. The van der Waals surface area contributed by atoms with Crippen molar-refractivity contribution in [3.05, 3.63) is 35.9 Å². The summed E-state index contributed by atoms with van der Waals surface area (Å²) >= 11 is 0. The van der Waals surface area contributed by atoms with Crippen LogP contribution in [0.5, 0.6) is 0 Å². The zero-order valence-electron chi connectivity index (χ0n) is 12.1. The van der Waals surface area contributed by atoms with Crippen molar-refractivity contribution in [2.75, 3.05) is 13.2 Å². The van der Waals surface area contributed by atoms with Gasteiger partial charge in [-0.05, 0) is 31.7 Å². The van der Waals surface area contributed by atoms with Gasteiger partial charge in [0.25, 0.3) is 0 Å². The van der Waals surface area contributed by atoms with Crippen LogP contribution in [-0.2, 0) is 15.1 Å². The van der Waals surface area contributed by atoms with Crippen molar-refractivity contribution in [1.29, 1.82) is 0 Å². The van der Waals surface area contributed by atoms with Crippen LogP contribution >= 0.6 is 0 Å². The number of carbonyl (C=O) groups is 1. The Kier molecular flexibility index (Phi) is 5.15. The van der Waals surface area contributed by atoms with Crippen molar-refractivity contribution in [1.82, 2.24) is 5.32 Å². The van der Waals surface area contributed by atoms with E-state index in [2.05, 4.69) is 5.32 Å². The number of rotatable bonds is 6. The molecule has 2 rings (SSSR count). The molecule has 1 aliphatic rings. The third kappa shape index (κ3) is 3.81. The largest absolute Gasteiger partial charge is 0.378 e. The molecule has 4 nitrogen and oxygen atoms in total. The first-order valence-electron chi connectivity index (χ1n) is 7.32. The van der Waals surface area contributed by atoms with Gasteiger partial charge in [-0.1, -0.05) is 30.3 Å². The molecule has 2 unspecified atom stereocenters. The number of hydrogen-bond acceptors (Lipinski definition) is 3. The summed E-state index contributed by atoms with van der Waals surface area (Å²) in [5.41, 5.74) is 6.40. The summed E-state index contributed by atoms with van der Waals surface area (Å²) in [5.74, 6) is 0.0392. The lowest BCUT2D eigenvalue weighted by Crippen LogP contribution is -2.48. The number of carbonyl (C=O) groups excluding carboxylic acids is 1. The molecule has 1 aromatic rings. The number of benzene rings is 1. The van der Waals surface area contributed by atoms with Gasteiger partial charge in [0.05, 0.1) is 11.6 Å².